The Hall–Kier alpha value is 0.240. The zero-order chi connectivity index (χ0) is 7.72. The quantitative estimate of drug-likeness (QED) is 0.562. The highest BCUT2D eigenvalue weighted by molar-refractivity contribution is 8.23. The SMILES string of the molecule is CC(C)N1C(=S)SCC1C. The average Bonchev–Trinajstić information content (AvgIpc) is 2.11. The summed E-state index contributed by atoms with van der Waals surface area (Å²) >= 11 is 6.98. The van der Waals surface area contributed by atoms with Crippen molar-refractivity contribution in [3.63, 3.8) is 0 Å². The first kappa shape index (κ1) is 8.34. The van der Waals surface area contributed by atoms with Crippen LogP contribution in [0.1, 0.15) is 20.8 Å². The molecule has 0 N–H and O–H groups in total. The molecule has 1 unspecified atom stereocenters. The van der Waals surface area contributed by atoms with Gasteiger partial charge in [-0.3, -0.25) is 0 Å². The molecule has 1 atom stereocenters. The van der Waals surface area contributed by atoms with Gasteiger partial charge in [-0.15, -0.1) is 0 Å². The van der Waals surface area contributed by atoms with Crippen molar-refractivity contribution in [3.8, 4) is 0 Å². The number of thiocarbonyl (C=S) groups is 1. The number of hydrogen-bond acceptors (Lipinski definition) is 2. The molecule has 0 aromatic heterocycles. The van der Waals surface area contributed by atoms with Crippen molar-refractivity contribution in [3.05, 3.63) is 0 Å². The molecule has 1 rings (SSSR count). The topological polar surface area (TPSA) is 3.24 Å². The minimum atomic E-state index is 0.567. The smallest absolute Gasteiger partial charge is 0.136 e. The Labute approximate surface area is 72.2 Å². The molecular formula is C7H13NS2. The highest BCUT2D eigenvalue weighted by atomic mass is 32.2. The van der Waals surface area contributed by atoms with Crippen molar-refractivity contribution >= 4 is 28.3 Å². The molecule has 0 aromatic rings. The second-order valence-corrected chi connectivity index (χ2v) is 4.58. The van der Waals surface area contributed by atoms with Gasteiger partial charge in [-0.2, -0.15) is 0 Å². The zero-order valence-corrected chi connectivity index (χ0v) is 8.26. The molecular weight excluding hydrogens is 162 g/mol. The van der Waals surface area contributed by atoms with E-state index in [9.17, 15) is 0 Å². The maximum atomic E-state index is 5.18. The van der Waals surface area contributed by atoms with Crippen LogP contribution in [-0.2, 0) is 0 Å². The summed E-state index contributed by atoms with van der Waals surface area (Å²) in [6, 6.07) is 1.20. The normalized spacial score (nSPS) is 26.6. The van der Waals surface area contributed by atoms with E-state index in [2.05, 4.69) is 25.7 Å². The first-order valence-corrected chi connectivity index (χ1v) is 4.97. The third-order valence-electron chi connectivity index (χ3n) is 1.69. The summed E-state index contributed by atoms with van der Waals surface area (Å²) in [7, 11) is 0. The molecule has 0 aliphatic carbocycles. The minimum Gasteiger partial charge on any atom is -0.352 e. The first-order chi connectivity index (χ1) is 4.63. The number of rotatable bonds is 1. The maximum absolute atomic E-state index is 5.18. The lowest BCUT2D eigenvalue weighted by Gasteiger charge is -2.26. The minimum absolute atomic E-state index is 0.567. The Morgan fingerprint density at radius 2 is 2.30 bits per heavy atom. The van der Waals surface area contributed by atoms with Gasteiger partial charge in [-0.05, 0) is 20.8 Å². The fraction of sp³-hybridized carbons (Fsp3) is 0.857. The van der Waals surface area contributed by atoms with Crippen LogP contribution in [-0.4, -0.2) is 27.1 Å². The van der Waals surface area contributed by atoms with Gasteiger partial charge >= 0.3 is 0 Å². The molecule has 58 valence electrons. The van der Waals surface area contributed by atoms with E-state index in [1.165, 1.54) is 0 Å². The van der Waals surface area contributed by atoms with Gasteiger partial charge in [0.2, 0.25) is 0 Å². The van der Waals surface area contributed by atoms with Crippen molar-refractivity contribution < 1.29 is 0 Å². The summed E-state index contributed by atoms with van der Waals surface area (Å²) in [4.78, 5) is 2.31. The summed E-state index contributed by atoms with van der Waals surface area (Å²) in [5, 5.41) is 0. The van der Waals surface area contributed by atoms with Gasteiger partial charge in [-0.1, -0.05) is 24.0 Å². The summed E-state index contributed by atoms with van der Waals surface area (Å²) in [5.41, 5.74) is 0. The van der Waals surface area contributed by atoms with Crippen LogP contribution in [0, 0.1) is 0 Å². The summed E-state index contributed by atoms with van der Waals surface area (Å²) in [5.74, 6) is 1.16. The standard InChI is InChI=1S/C7H13NS2/c1-5(2)8-6(3)4-10-7(8)9/h5-6H,4H2,1-3H3. The first-order valence-electron chi connectivity index (χ1n) is 3.58. The largest absolute Gasteiger partial charge is 0.352 e. The van der Waals surface area contributed by atoms with Crippen LogP contribution in [0.5, 0.6) is 0 Å². The predicted molar refractivity (Wildman–Crippen MR) is 51.5 cm³/mol. The van der Waals surface area contributed by atoms with Gasteiger partial charge in [0, 0.05) is 17.8 Å². The molecule has 0 radical (unpaired) electrons. The molecule has 1 aliphatic heterocycles. The summed E-state index contributed by atoms with van der Waals surface area (Å²) in [6.45, 7) is 6.61. The van der Waals surface area contributed by atoms with Gasteiger partial charge in [0.1, 0.15) is 4.32 Å². The number of hydrogen-bond donors (Lipinski definition) is 0. The molecule has 0 amide bonds. The summed E-state index contributed by atoms with van der Waals surface area (Å²) in [6.07, 6.45) is 0. The monoisotopic (exact) mass is 175 g/mol. The van der Waals surface area contributed by atoms with E-state index in [1.807, 2.05) is 0 Å². The fourth-order valence-electron chi connectivity index (χ4n) is 1.25. The molecule has 3 heteroatoms. The van der Waals surface area contributed by atoms with Crippen LogP contribution in [0.25, 0.3) is 0 Å². The van der Waals surface area contributed by atoms with Crippen LogP contribution in [0.4, 0.5) is 0 Å². The van der Waals surface area contributed by atoms with E-state index in [1.54, 1.807) is 11.8 Å². The summed E-state index contributed by atoms with van der Waals surface area (Å²) < 4.78 is 1.07. The zero-order valence-electron chi connectivity index (χ0n) is 6.63. The Kier molecular flexibility index (Phi) is 2.58. The third-order valence-corrected chi connectivity index (χ3v) is 3.36. The average molecular weight is 175 g/mol. The van der Waals surface area contributed by atoms with E-state index in [4.69, 9.17) is 12.2 Å². The van der Waals surface area contributed by atoms with Crippen molar-refractivity contribution in [2.24, 2.45) is 0 Å². The van der Waals surface area contributed by atoms with Gasteiger partial charge in [0.25, 0.3) is 0 Å². The molecule has 10 heavy (non-hydrogen) atoms. The highest BCUT2D eigenvalue weighted by Crippen LogP contribution is 2.25. The van der Waals surface area contributed by atoms with Gasteiger partial charge in [0.05, 0.1) is 0 Å². The van der Waals surface area contributed by atoms with Crippen LogP contribution >= 0.6 is 24.0 Å². The number of thioether (sulfide) groups is 1. The molecule has 1 heterocycles. The van der Waals surface area contributed by atoms with Crippen LogP contribution in [0.15, 0.2) is 0 Å². The van der Waals surface area contributed by atoms with Crippen LogP contribution in [0.2, 0.25) is 0 Å². The van der Waals surface area contributed by atoms with Crippen LogP contribution < -0.4 is 0 Å². The Balaban J connectivity index is 2.63. The van der Waals surface area contributed by atoms with Crippen molar-refractivity contribution in [1.82, 2.24) is 4.90 Å². The van der Waals surface area contributed by atoms with Gasteiger partial charge < -0.3 is 4.90 Å². The van der Waals surface area contributed by atoms with Crippen LogP contribution in [0.3, 0.4) is 0 Å². The molecule has 1 saturated heterocycles. The van der Waals surface area contributed by atoms with E-state index in [0.29, 0.717) is 12.1 Å². The highest BCUT2D eigenvalue weighted by Gasteiger charge is 2.26. The van der Waals surface area contributed by atoms with Crippen molar-refractivity contribution in [1.29, 1.82) is 0 Å². The van der Waals surface area contributed by atoms with Crippen molar-refractivity contribution in [2.75, 3.05) is 5.75 Å². The Morgan fingerprint density at radius 3 is 2.50 bits per heavy atom. The molecule has 1 fully saturated rings. The lowest BCUT2D eigenvalue weighted by atomic mass is 10.2. The van der Waals surface area contributed by atoms with Crippen molar-refractivity contribution in [2.45, 2.75) is 32.9 Å². The lowest BCUT2D eigenvalue weighted by Crippen LogP contribution is -2.36. The molecule has 0 aromatic carbocycles. The Bertz CT molecular complexity index is 145. The molecule has 1 aliphatic rings. The maximum Gasteiger partial charge on any atom is 0.136 e. The second kappa shape index (κ2) is 3.09. The van der Waals surface area contributed by atoms with E-state index in [0.717, 1.165) is 10.1 Å². The van der Waals surface area contributed by atoms with Gasteiger partial charge in [0.15, 0.2) is 0 Å². The third kappa shape index (κ3) is 1.45. The van der Waals surface area contributed by atoms with Gasteiger partial charge in [-0.25, -0.2) is 0 Å². The number of nitrogens with zero attached hydrogens (tertiary/aromatic N) is 1. The second-order valence-electron chi connectivity index (χ2n) is 2.93. The van der Waals surface area contributed by atoms with E-state index < -0.39 is 0 Å². The van der Waals surface area contributed by atoms with E-state index >= 15 is 0 Å². The fourth-order valence-corrected chi connectivity index (χ4v) is 2.93. The predicted octanol–water partition coefficient (Wildman–Crippen LogP) is 2.12. The lowest BCUT2D eigenvalue weighted by molar-refractivity contribution is 0.314. The molecule has 0 bridgehead atoms. The van der Waals surface area contributed by atoms with E-state index in [-0.39, 0.29) is 0 Å². The molecule has 0 spiro atoms. The molecule has 0 saturated carbocycles. The molecule has 1 nitrogen and oxygen atoms in total. The Morgan fingerprint density at radius 1 is 1.70 bits per heavy atom.